The Morgan fingerprint density at radius 1 is 0.864 bits per heavy atom. The van der Waals surface area contributed by atoms with E-state index in [0.717, 1.165) is 12.0 Å². The molecule has 2 nitrogen and oxygen atoms in total. The maximum atomic E-state index is 8.95. The molecule has 1 aromatic rings. The summed E-state index contributed by atoms with van der Waals surface area (Å²) in [5, 5.41) is 12.3. The van der Waals surface area contributed by atoms with Gasteiger partial charge in [-0.3, -0.25) is 0 Å². The summed E-state index contributed by atoms with van der Waals surface area (Å²) in [4.78, 5) is 0. The molecule has 0 spiro atoms. The summed E-state index contributed by atoms with van der Waals surface area (Å²) in [6, 6.07) is 8.27. The minimum atomic E-state index is 0.711. The molecule has 0 aromatic heterocycles. The second-order valence-corrected chi connectivity index (χ2v) is 6.27. The third-order valence-electron chi connectivity index (χ3n) is 4.36. The van der Waals surface area contributed by atoms with Crippen molar-refractivity contribution in [1.82, 2.24) is 0 Å². The Morgan fingerprint density at radius 2 is 1.41 bits per heavy atom. The van der Waals surface area contributed by atoms with Crippen LogP contribution < -0.4 is 0 Å². The van der Waals surface area contributed by atoms with Crippen LogP contribution in [0.2, 0.25) is 0 Å². The molecule has 0 atom stereocenters. The van der Waals surface area contributed by atoms with Gasteiger partial charge >= 0.3 is 0 Å². The summed E-state index contributed by atoms with van der Waals surface area (Å²) < 4.78 is 0. The zero-order valence-corrected chi connectivity index (χ0v) is 14.5. The van der Waals surface area contributed by atoms with Crippen LogP contribution in [0, 0.1) is 0 Å². The predicted molar refractivity (Wildman–Crippen MR) is 96.0 cm³/mol. The lowest BCUT2D eigenvalue weighted by Gasteiger charge is -2.08. The first-order valence-electron chi connectivity index (χ1n) is 9.06. The molecule has 0 heterocycles. The second kappa shape index (κ2) is 12.3. The zero-order valence-electron chi connectivity index (χ0n) is 14.5. The zero-order chi connectivity index (χ0) is 16.0. The molecule has 0 fully saturated rings. The Hall–Kier alpha value is -1.31. The summed E-state index contributed by atoms with van der Waals surface area (Å²) in [7, 11) is 0. The molecular weight excluding hydrogens is 270 g/mol. The molecule has 2 heteroatoms. The SMILES string of the molecule is CCCCCCCCCCCCc1ccccc1C(C)=NO. The van der Waals surface area contributed by atoms with E-state index in [-0.39, 0.29) is 0 Å². The average molecular weight is 303 g/mol. The van der Waals surface area contributed by atoms with Crippen LogP contribution in [-0.4, -0.2) is 10.9 Å². The van der Waals surface area contributed by atoms with Crippen LogP contribution in [0.4, 0.5) is 0 Å². The first kappa shape index (κ1) is 18.7. The van der Waals surface area contributed by atoms with E-state index in [9.17, 15) is 0 Å². The highest BCUT2D eigenvalue weighted by Gasteiger charge is 2.04. The van der Waals surface area contributed by atoms with Crippen LogP contribution in [0.15, 0.2) is 29.4 Å². The minimum absolute atomic E-state index is 0.711. The standard InChI is InChI=1S/C20H33NO/c1-3-4-5-6-7-8-9-10-11-12-15-19-16-13-14-17-20(19)18(2)21-22/h13-14,16-17,22H,3-12,15H2,1-2H3. The van der Waals surface area contributed by atoms with Crippen LogP contribution >= 0.6 is 0 Å². The molecule has 1 rings (SSSR count). The van der Waals surface area contributed by atoms with Crippen molar-refractivity contribution in [2.75, 3.05) is 0 Å². The summed E-state index contributed by atoms with van der Waals surface area (Å²) >= 11 is 0. The quantitative estimate of drug-likeness (QED) is 0.207. The monoisotopic (exact) mass is 303 g/mol. The van der Waals surface area contributed by atoms with Crippen molar-refractivity contribution < 1.29 is 5.21 Å². The molecule has 0 saturated carbocycles. The summed E-state index contributed by atoms with van der Waals surface area (Å²) in [5.41, 5.74) is 3.10. The number of hydrogen-bond acceptors (Lipinski definition) is 2. The predicted octanol–water partition coefficient (Wildman–Crippen LogP) is 6.35. The van der Waals surface area contributed by atoms with E-state index in [0.29, 0.717) is 5.71 Å². The highest BCUT2D eigenvalue weighted by molar-refractivity contribution is 5.99. The highest BCUT2D eigenvalue weighted by atomic mass is 16.4. The maximum absolute atomic E-state index is 8.95. The molecule has 0 unspecified atom stereocenters. The molecule has 0 aliphatic rings. The lowest BCUT2D eigenvalue weighted by molar-refractivity contribution is 0.319. The summed E-state index contributed by atoms with van der Waals surface area (Å²) in [6.07, 6.45) is 14.7. The molecule has 0 amide bonds. The number of unbranched alkanes of at least 4 members (excludes halogenated alkanes) is 9. The molecule has 22 heavy (non-hydrogen) atoms. The van der Waals surface area contributed by atoms with Gasteiger partial charge in [-0.1, -0.05) is 94.1 Å². The van der Waals surface area contributed by atoms with E-state index < -0.39 is 0 Å². The molecule has 0 radical (unpaired) electrons. The molecule has 0 bridgehead atoms. The van der Waals surface area contributed by atoms with Crippen LogP contribution in [0.3, 0.4) is 0 Å². The smallest absolute Gasteiger partial charge is 0.0839 e. The van der Waals surface area contributed by atoms with Crippen molar-refractivity contribution in [2.45, 2.75) is 84.5 Å². The van der Waals surface area contributed by atoms with Gasteiger partial charge in [-0.15, -0.1) is 0 Å². The fourth-order valence-corrected chi connectivity index (χ4v) is 2.95. The van der Waals surface area contributed by atoms with Gasteiger partial charge in [0.2, 0.25) is 0 Å². The first-order valence-corrected chi connectivity index (χ1v) is 9.06. The van der Waals surface area contributed by atoms with Gasteiger partial charge in [-0.25, -0.2) is 0 Å². The Morgan fingerprint density at radius 3 is 2.00 bits per heavy atom. The van der Waals surface area contributed by atoms with Gasteiger partial charge < -0.3 is 5.21 Å². The Kier molecular flexibility index (Phi) is 10.4. The average Bonchev–Trinajstić information content (AvgIpc) is 2.56. The van der Waals surface area contributed by atoms with E-state index in [1.54, 1.807) is 0 Å². The van der Waals surface area contributed by atoms with E-state index in [2.05, 4.69) is 24.2 Å². The third kappa shape index (κ3) is 7.63. The number of oxime groups is 1. The van der Waals surface area contributed by atoms with Crippen LogP contribution in [-0.2, 0) is 6.42 Å². The first-order chi connectivity index (χ1) is 10.8. The van der Waals surface area contributed by atoms with Crippen molar-refractivity contribution in [3.63, 3.8) is 0 Å². The minimum Gasteiger partial charge on any atom is -0.411 e. The lowest BCUT2D eigenvalue weighted by atomic mass is 9.98. The van der Waals surface area contributed by atoms with Gasteiger partial charge in [0.25, 0.3) is 0 Å². The van der Waals surface area contributed by atoms with Crippen molar-refractivity contribution in [3.8, 4) is 0 Å². The van der Waals surface area contributed by atoms with Crippen LogP contribution in [0.25, 0.3) is 0 Å². The topological polar surface area (TPSA) is 32.6 Å². The molecule has 1 N–H and O–H groups in total. The number of aryl methyl sites for hydroxylation is 1. The Balaban J connectivity index is 2.13. The number of benzene rings is 1. The van der Waals surface area contributed by atoms with Crippen molar-refractivity contribution in [2.24, 2.45) is 5.16 Å². The van der Waals surface area contributed by atoms with Gasteiger partial charge in [-0.05, 0) is 25.3 Å². The number of rotatable bonds is 12. The maximum Gasteiger partial charge on any atom is 0.0839 e. The molecular formula is C20H33NO. The van der Waals surface area contributed by atoms with Crippen molar-refractivity contribution in [3.05, 3.63) is 35.4 Å². The van der Waals surface area contributed by atoms with E-state index in [4.69, 9.17) is 5.21 Å². The van der Waals surface area contributed by atoms with Crippen molar-refractivity contribution in [1.29, 1.82) is 0 Å². The molecule has 0 aliphatic heterocycles. The molecule has 0 saturated heterocycles. The Bertz CT molecular complexity index is 425. The van der Waals surface area contributed by atoms with Gasteiger partial charge in [0.15, 0.2) is 0 Å². The van der Waals surface area contributed by atoms with E-state index in [1.807, 2.05) is 19.1 Å². The van der Waals surface area contributed by atoms with Gasteiger partial charge in [-0.2, -0.15) is 0 Å². The van der Waals surface area contributed by atoms with Crippen molar-refractivity contribution >= 4 is 5.71 Å². The van der Waals surface area contributed by atoms with Gasteiger partial charge in [0.1, 0.15) is 0 Å². The van der Waals surface area contributed by atoms with E-state index >= 15 is 0 Å². The van der Waals surface area contributed by atoms with Crippen LogP contribution in [0.1, 0.15) is 89.2 Å². The molecule has 124 valence electrons. The summed E-state index contributed by atoms with van der Waals surface area (Å²) in [5.74, 6) is 0. The largest absolute Gasteiger partial charge is 0.411 e. The Labute approximate surface area is 136 Å². The number of nitrogens with zero attached hydrogens (tertiary/aromatic N) is 1. The second-order valence-electron chi connectivity index (χ2n) is 6.27. The fourth-order valence-electron chi connectivity index (χ4n) is 2.95. The lowest BCUT2D eigenvalue weighted by Crippen LogP contribution is -2.01. The van der Waals surface area contributed by atoms with Crippen LogP contribution in [0.5, 0.6) is 0 Å². The number of hydrogen-bond donors (Lipinski definition) is 1. The molecule has 1 aromatic carbocycles. The summed E-state index contributed by atoms with van der Waals surface area (Å²) in [6.45, 7) is 4.13. The highest BCUT2D eigenvalue weighted by Crippen LogP contribution is 2.15. The normalized spacial score (nSPS) is 11.8. The fraction of sp³-hybridized carbons (Fsp3) is 0.650. The van der Waals surface area contributed by atoms with Gasteiger partial charge in [0, 0.05) is 5.56 Å². The van der Waals surface area contributed by atoms with E-state index in [1.165, 1.54) is 69.8 Å². The molecule has 0 aliphatic carbocycles. The van der Waals surface area contributed by atoms with Gasteiger partial charge in [0.05, 0.1) is 5.71 Å². The third-order valence-corrected chi connectivity index (χ3v) is 4.36.